The van der Waals surface area contributed by atoms with Gasteiger partial charge in [0.05, 0.1) is 21.4 Å². The Labute approximate surface area is 95.8 Å². The number of fused-ring (bicyclic) bond motifs is 1. The molecular formula is C11H9N3OS. The van der Waals surface area contributed by atoms with Gasteiger partial charge in [-0.25, -0.2) is 9.97 Å². The molecule has 0 atom stereocenters. The first kappa shape index (κ1) is 9.50. The lowest BCUT2D eigenvalue weighted by Gasteiger charge is -2.06. The molecule has 0 aliphatic rings. The Morgan fingerprint density at radius 1 is 1.31 bits per heavy atom. The first-order chi connectivity index (χ1) is 7.90. The molecule has 5 heteroatoms. The van der Waals surface area contributed by atoms with Gasteiger partial charge >= 0.3 is 0 Å². The second-order valence-corrected chi connectivity index (χ2v) is 4.20. The van der Waals surface area contributed by atoms with Crippen molar-refractivity contribution >= 4 is 21.6 Å². The molecule has 3 rings (SSSR count). The third kappa shape index (κ3) is 1.33. The molecule has 0 unspecified atom stereocenters. The van der Waals surface area contributed by atoms with Gasteiger partial charge in [0.1, 0.15) is 12.4 Å². The molecule has 0 spiro atoms. The third-order valence-electron chi connectivity index (χ3n) is 2.45. The number of aliphatic hydroxyl groups is 1. The van der Waals surface area contributed by atoms with E-state index in [1.54, 1.807) is 17.5 Å². The average molecular weight is 231 g/mol. The van der Waals surface area contributed by atoms with Crippen LogP contribution in [0.15, 0.2) is 36.1 Å². The van der Waals surface area contributed by atoms with Gasteiger partial charge in [0.2, 0.25) is 0 Å². The van der Waals surface area contributed by atoms with E-state index < -0.39 is 0 Å². The fourth-order valence-corrected chi connectivity index (χ4v) is 2.53. The number of benzene rings is 1. The summed E-state index contributed by atoms with van der Waals surface area (Å²) >= 11 is 1.59. The molecule has 0 fully saturated rings. The summed E-state index contributed by atoms with van der Waals surface area (Å²) in [6.45, 7) is -0.0673. The molecule has 0 radical (unpaired) electrons. The number of thiazole rings is 1. The van der Waals surface area contributed by atoms with Crippen LogP contribution in [0, 0.1) is 0 Å². The van der Waals surface area contributed by atoms with Crippen LogP contribution in [0.5, 0.6) is 0 Å². The zero-order valence-electron chi connectivity index (χ0n) is 8.37. The molecule has 2 aromatic heterocycles. The Morgan fingerprint density at radius 3 is 3.12 bits per heavy atom. The highest BCUT2D eigenvalue weighted by molar-refractivity contribution is 7.17. The molecule has 80 valence electrons. The summed E-state index contributed by atoms with van der Waals surface area (Å²) in [7, 11) is 0. The van der Waals surface area contributed by atoms with E-state index >= 15 is 0 Å². The summed E-state index contributed by atoms with van der Waals surface area (Å²) in [5, 5.41) is 9.20. The third-order valence-corrected chi connectivity index (χ3v) is 3.32. The van der Waals surface area contributed by atoms with E-state index in [0.717, 1.165) is 15.9 Å². The van der Waals surface area contributed by atoms with E-state index in [9.17, 15) is 5.11 Å². The summed E-state index contributed by atoms with van der Waals surface area (Å²) in [6, 6.07) is 5.94. The first-order valence-corrected chi connectivity index (χ1v) is 5.74. The van der Waals surface area contributed by atoms with E-state index in [0.29, 0.717) is 5.82 Å². The first-order valence-electron chi connectivity index (χ1n) is 4.86. The van der Waals surface area contributed by atoms with Crippen LogP contribution in [0.2, 0.25) is 0 Å². The van der Waals surface area contributed by atoms with E-state index in [4.69, 9.17) is 0 Å². The number of hydrogen-bond donors (Lipinski definition) is 1. The SMILES string of the molecule is OCc1nccn1-c1cccc2ncsc12. The summed E-state index contributed by atoms with van der Waals surface area (Å²) in [4.78, 5) is 8.37. The van der Waals surface area contributed by atoms with Gasteiger partial charge in [0.15, 0.2) is 0 Å². The maximum atomic E-state index is 9.20. The molecule has 0 bridgehead atoms. The Bertz CT molecular complexity index is 629. The minimum Gasteiger partial charge on any atom is -0.388 e. The highest BCUT2D eigenvalue weighted by Crippen LogP contribution is 2.26. The van der Waals surface area contributed by atoms with Crippen molar-refractivity contribution in [3.8, 4) is 5.69 Å². The van der Waals surface area contributed by atoms with Gasteiger partial charge in [-0.1, -0.05) is 6.07 Å². The van der Waals surface area contributed by atoms with E-state index in [-0.39, 0.29) is 6.61 Å². The monoisotopic (exact) mass is 231 g/mol. The predicted octanol–water partition coefficient (Wildman–Crippen LogP) is 1.97. The van der Waals surface area contributed by atoms with Crippen LogP contribution in [-0.2, 0) is 6.61 Å². The van der Waals surface area contributed by atoms with Crippen LogP contribution in [-0.4, -0.2) is 19.6 Å². The van der Waals surface area contributed by atoms with E-state index in [1.807, 2.05) is 34.5 Å². The lowest BCUT2D eigenvalue weighted by molar-refractivity contribution is 0.269. The van der Waals surface area contributed by atoms with Crippen LogP contribution in [0.3, 0.4) is 0 Å². The fraction of sp³-hybridized carbons (Fsp3) is 0.0909. The predicted molar refractivity (Wildman–Crippen MR) is 62.7 cm³/mol. The zero-order valence-corrected chi connectivity index (χ0v) is 9.18. The minimum absolute atomic E-state index is 0.0673. The molecule has 3 aromatic rings. The molecule has 0 saturated heterocycles. The topological polar surface area (TPSA) is 50.9 Å². The molecule has 4 nitrogen and oxygen atoms in total. The zero-order chi connectivity index (χ0) is 11.0. The van der Waals surface area contributed by atoms with Crippen LogP contribution < -0.4 is 0 Å². The van der Waals surface area contributed by atoms with Gasteiger partial charge in [-0.05, 0) is 12.1 Å². The van der Waals surface area contributed by atoms with Crippen molar-refractivity contribution in [2.45, 2.75) is 6.61 Å². The van der Waals surface area contributed by atoms with Crippen molar-refractivity contribution in [1.29, 1.82) is 0 Å². The fourth-order valence-electron chi connectivity index (χ4n) is 1.73. The van der Waals surface area contributed by atoms with Crippen LogP contribution in [0.1, 0.15) is 5.82 Å². The number of nitrogens with zero attached hydrogens (tertiary/aromatic N) is 3. The Morgan fingerprint density at radius 2 is 2.25 bits per heavy atom. The van der Waals surface area contributed by atoms with E-state index in [2.05, 4.69) is 9.97 Å². The average Bonchev–Trinajstić information content (AvgIpc) is 2.96. The van der Waals surface area contributed by atoms with Gasteiger partial charge < -0.3 is 9.67 Å². The number of rotatable bonds is 2. The molecule has 0 aliphatic heterocycles. The molecule has 0 saturated carbocycles. The second-order valence-electron chi connectivity index (χ2n) is 3.35. The Kier molecular flexibility index (Phi) is 2.19. The standard InChI is InChI=1S/C11H9N3OS/c15-6-10-12-4-5-14(10)9-3-1-2-8-11(9)16-7-13-8/h1-5,7,15H,6H2. The van der Waals surface area contributed by atoms with Crippen molar-refractivity contribution in [2.24, 2.45) is 0 Å². The highest BCUT2D eigenvalue weighted by Gasteiger charge is 2.08. The van der Waals surface area contributed by atoms with Gasteiger partial charge in [0.25, 0.3) is 0 Å². The van der Waals surface area contributed by atoms with Gasteiger partial charge in [-0.15, -0.1) is 11.3 Å². The number of aliphatic hydroxyl groups excluding tert-OH is 1. The van der Waals surface area contributed by atoms with Crippen molar-refractivity contribution in [3.63, 3.8) is 0 Å². The summed E-state index contributed by atoms with van der Waals surface area (Å²) in [5.74, 6) is 0.640. The summed E-state index contributed by atoms with van der Waals surface area (Å²) in [5.41, 5.74) is 3.81. The molecule has 16 heavy (non-hydrogen) atoms. The quantitative estimate of drug-likeness (QED) is 0.733. The molecule has 1 aromatic carbocycles. The Hall–Kier alpha value is -1.72. The van der Waals surface area contributed by atoms with Crippen LogP contribution in [0.25, 0.3) is 15.9 Å². The largest absolute Gasteiger partial charge is 0.388 e. The smallest absolute Gasteiger partial charge is 0.139 e. The second kappa shape index (κ2) is 3.70. The summed E-state index contributed by atoms with van der Waals surface area (Å²) in [6.07, 6.45) is 3.53. The van der Waals surface area contributed by atoms with Crippen molar-refractivity contribution < 1.29 is 5.11 Å². The van der Waals surface area contributed by atoms with Gasteiger partial charge in [-0.3, -0.25) is 0 Å². The van der Waals surface area contributed by atoms with Gasteiger partial charge in [0, 0.05) is 12.4 Å². The Balaban J connectivity index is 2.29. The lowest BCUT2D eigenvalue weighted by atomic mass is 10.3. The molecule has 0 amide bonds. The van der Waals surface area contributed by atoms with Crippen LogP contribution in [0.4, 0.5) is 0 Å². The van der Waals surface area contributed by atoms with Crippen molar-refractivity contribution in [3.05, 3.63) is 41.9 Å². The van der Waals surface area contributed by atoms with Gasteiger partial charge in [-0.2, -0.15) is 0 Å². The minimum atomic E-state index is -0.0673. The lowest BCUT2D eigenvalue weighted by Crippen LogP contribution is -1.99. The number of aromatic nitrogens is 3. The van der Waals surface area contributed by atoms with Crippen molar-refractivity contribution in [2.75, 3.05) is 0 Å². The molecule has 1 N–H and O–H groups in total. The van der Waals surface area contributed by atoms with E-state index in [1.165, 1.54) is 0 Å². The maximum Gasteiger partial charge on any atom is 0.139 e. The molecule has 2 heterocycles. The highest BCUT2D eigenvalue weighted by atomic mass is 32.1. The number of imidazole rings is 1. The molecular weight excluding hydrogens is 222 g/mol. The normalized spacial score (nSPS) is 11.1. The number of hydrogen-bond acceptors (Lipinski definition) is 4. The van der Waals surface area contributed by atoms with Crippen molar-refractivity contribution in [1.82, 2.24) is 14.5 Å². The van der Waals surface area contributed by atoms with Crippen LogP contribution >= 0.6 is 11.3 Å². The summed E-state index contributed by atoms with van der Waals surface area (Å²) < 4.78 is 3.00. The molecule has 0 aliphatic carbocycles. The maximum absolute atomic E-state index is 9.20.